The molecule has 0 aromatic heterocycles. The number of nitrogens with two attached hydrogens (primary N) is 1. The van der Waals surface area contributed by atoms with E-state index in [0.717, 1.165) is 0 Å². The minimum atomic E-state index is -6.21. The van der Waals surface area contributed by atoms with Crippen molar-refractivity contribution in [3.8, 4) is 0 Å². The van der Waals surface area contributed by atoms with Crippen LogP contribution in [0, 0.1) is 0 Å². The van der Waals surface area contributed by atoms with Gasteiger partial charge >= 0.3 is 68.2 Å². The van der Waals surface area contributed by atoms with E-state index in [4.69, 9.17) is 62.6 Å². The molecular weight excluding hydrogens is 330 g/mol. The van der Waals surface area contributed by atoms with Gasteiger partial charge < -0.3 is 0 Å². The first-order valence-electron chi connectivity index (χ1n) is 0.948. The van der Waals surface area contributed by atoms with Crippen molar-refractivity contribution >= 4 is 58.1 Å². The molecule has 0 aliphatic carbocycles. The number of rotatable bonds is 0. The number of halogens is 6. The summed E-state index contributed by atoms with van der Waals surface area (Å²) in [5.41, 5.74) is -6.21. The van der Waals surface area contributed by atoms with Crippen LogP contribution < -0.4 is 4.48 Å². The molecule has 0 saturated carbocycles. The van der Waals surface area contributed by atoms with Crippen LogP contribution in [-0.4, -0.2) is 0 Å². The van der Waals surface area contributed by atoms with E-state index in [1.54, 1.807) is 0 Å². The summed E-state index contributed by atoms with van der Waals surface area (Å²) in [7, 11) is 30.4. The molecule has 0 unspecified atom stereocenters. The van der Waals surface area contributed by atoms with Gasteiger partial charge in [0.25, 0.3) is 0 Å². The van der Waals surface area contributed by atoms with Gasteiger partial charge in [-0.05, 0) is 0 Å². The van der Waals surface area contributed by atoms with Gasteiger partial charge in [-0.3, -0.25) is 0 Å². The Balaban J connectivity index is 5.14. The Hall–Kier alpha value is 2.32. The first-order valence-corrected chi connectivity index (χ1v) is 14.6. The third kappa shape index (κ3) is 82.7. The summed E-state index contributed by atoms with van der Waals surface area (Å²) in [6.45, 7) is 0. The molecule has 0 bridgehead atoms. The van der Waals surface area contributed by atoms with Crippen LogP contribution in [0.2, 0.25) is 0 Å². The van der Waals surface area contributed by atoms with E-state index in [0.29, 0.717) is 0 Å². The molecule has 8 heavy (non-hydrogen) atoms. The molecule has 0 spiro atoms. The molecule has 8 heteroatoms. The van der Waals surface area contributed by atoms with Crippen LogP contribution >= 0.6 is 58.1 Å². The monoisotopic (exact) mass is 329 g/mol. The SMILES string of the molecule is [NH2][Rh]([Cl])([Cl])([Cl])([Cl])([Cl])[Cl]. The molecule has 1 nitrogen and oxygen atoms in total. The van der Waals surface area contributed by atoms with E-state index in [1.165, 1.54) is 0 Å². The molecule has 0 rings (SSSR count). The van der Waals surface area contributed by atoms with Crippen molar-refractivity contribution < 1.29 is 5.54 Å². The van der Waals surface area contributed by atoms with E-state index in [-0.39, 0.29) is 0 Å². The van der Waals surface area contributed by atoms with Crippen LogP contribution in [0.3, 0.4) is 0 Å². The van der Waals surface area contributed by atoms with Crippen LogP contribution in [-0.2, 0) is 5.54 Å². The van der Waals surface area contributed by atoms with E-state index >= 15 is 0 Å². The minimum absolute atomic E-state index is 4.84. The fourth-order valence-corrected chi connectivity index (χ4v) is 0. The zero-order valence-corrected chi connectivity index (χ0v) is 9.35. The number of hydrogen-bond donors (Lipinski definition) is 1. The molecule has 0 saturated heterocycles. The summed E-state index contributed by atoms with van der Waals surface area (Å²) >= 11 is 0. The zero-order chi connectivity index (χ0) is 7.38. The summed E-state index contributed by atoms with van der Waals surface area (Å²) in [6.07, 6.45) is 0. The molecule has 0 aliphatic heterocycles. The van der Waals surface area contributed by atoms with Crippen molar-refractivity contribution in [2.75, 3.05) is 0 Å². The molecule has 0 amide bonds. The van der Waals surface area contributed by atoms with Crippen molar-refractivity contribution in [3.05, 3.63) is 0 Å². The van der Waals surface area contributed by atoms with Gasteiger partial charge in [0.2, 0.25) is 0 Å². The van der Waals surface area contributed by atoms with Crippen molar-refractivity contribution in [2.24, 2.45) is 4.48 Å². The van der Waals surface area contributed by atoms with Crippen molar-refractivity contribution in [2.45, 2.75) is 0 Å². The molecule has 0 heterocycles. The van der Waals surface area contributed by atoms with E-state index in [1.807, 2.05) is 0 Å². The summed E-state index contributed by atoms with van der Waals surface area (Å²) in [5.74, 6) is 0. The molecule has 2 N–H and O–H groups in total. The van der Waals surface area contributed by atoms with Gasteiger partial charge in [-0.1, -0.05) is 0 Å². The summed E-state index contributed by atoms with van der Waals surface area (Å²) in [6, 6.07) is 0. The Labute approximate surface area is 67.4 Å². The van der Waals surface area contributed by atoms with Gasteiger partial charge in [-0.2, -0.15) is 0 Å². The van der Waals surface area contributed by atoms with Crippen molar-refractivity contribution in [1.29, 1.82) is 0 Å². The molecule has 0 aromatic rings. The fourth-order valence-electron chi connectivity index (χ4n) is 0. The Morgan fingerprint density at radius 3 is 0.750 bits per heavy atom. The molecule has 0 atom stereocenters. The molecular formula is H2Cl6NRh. The van der Waals surface area contributed by atoms with E-state index < -0.39 is 5.54 Å². The Morgan fingerprint density at radius 2 is 0.750 bits per heavy atom. The fraction of sp³-hybridized carbons (Fsp3) is 0. The third-order valence-corrected chi connectivity index (χ3v) is 0. The maximum absolute atomic E-state index is 6.21. The molecule has 0 aliphatic rings. The molecule has 0 radical (unpaired) electrons. The van der Waals surface area contributed by atoms with Crippen molar-refractivity contribution in [1.82, 2.24) is 0 Å². The van der Waals surface area contributed by atoms with Gasteiger partial charge in [-0.15, -0.1) is 0 Å². The first kappa shape index (κ1) is 10.3. The second-order valence-corrected chi connectivity index (χ2v) is 45.8. The zero-order valence-electron chi connectivity index (χ0n) is 3.18. The van der Waals surface area contributed by atoms with Crippen molar-refractivity contribution in [3.63, 3.8) is 0 Å². The van der Waals surface area contributed by atoms with Gasteiger partial charge in [-0.25, -0.2) is 0 Å². The van der Waals surface area contributed by atoms with Crippen LogP contribution in [0.1, 0.15) is 0 Å². The van der Waals surface area contributed by atoms with Crippen LogP contribution in [0.25, 0.3) is 0 Å². The summed E-state index contributed by atoms with van der Waals surface area (Å²) < 4.78 is 4.84. The summed E-state index contributed by atoms with van der Waals surface area (Å²) in [4.78, 5) is 0. The maximum atomic E-state index is 5.06. The molecule has 0 aromatic carbocycles. The Bertz CT molecular complexity index is 101. The van der Waals surface area contributed by atoms with E-state index in [2.05, 4.69) is 0 Å². The second-order valence-electron chi connectivity index (χ2n) is 1.15. The normalized spacial score (nSPS) is 27.1. The number of hydrogen-bond acceptors (Lipinski definition) is 1. The van der Waals surface area contributed by atoms with Crippen LogP contribution in [0.15, 0.2) is 0 Å². The topological polar surface area (TPSA) is 26.0 Å². The standard InChI is InChI=1S/6ClH.H2N.Rh/h6*1H;1H2;/q;;;;;;-1;+7/p-6. The average molecular weight is 332 g/mol. The van der Waals surface area contributed by atoms with Crippen LogP contribution in [0.4, 0.5) is 0 Å². The predicted octanol–water partition coefficient (Wildman–Crippen LogP) is 3.54. The molecule has 58 valence electrons. The quantitative estimate of drug-likeness (QED) is 0.675. The van der Waals surface area contributed by atoms with E-state index in [9.17, 15) is 0 Å². The van der Waals surface area contributed by atoms with Gasteiger partial charge in [0.15, 0.2) is 0 Å². The average Bonchev–Trinajstić information content (AvgIpc) is 0.544. The molecule has 0 fully saturated rings. The Morgan fingerprint density at radius 1 is 0.750 bits per heavy atom. The third-order valence-electron chi connectivity index (χ3n) is 0. The Kier molecular flexibility index (Phi) is 1.53. The van der Waals surface area contributed by atoms with Gasteiger partial charge in [0.1, 0.15) is 0 Å². The second kappa shape index (κ2) is 1.19. The summed E-state index contributed by atoms with van der Waals surface area (Å²) in [5, 5.41) is 0. The predicted molar refractivity (Wildman–Crippen MR) is 39.3 cm³/mol. The first-order chi connectivity index (χ1) is 2.65. The van der Waals surface area contributed by atoms with Crippen LogP contribution in [0.5, 0.6) is 0 Å². The van der Waals surface area contributed by atoms with Gasteiger partial charge in [0, 0.05) is 0 Å². The van der Waals surface area contributed by atoms with Gasteiger partial charge in [0.05, 0.1) is 0 Å².